The van der Waals surface area contributed by atoms with Crippen molar-refractivity contribution in [1.29, 1.82) is 0 Å². The topological polar surface area (TPSA) is 64.0 Å². The Bertz CT molecular complexity index is 1050. The summed E-state index contributed by atoms with van der Waals surface area (Å²) in [7, 11) is 0. The number of carbonyl (C=O) groups excluding carboxylic acids is 1. The third-order valence-electron chi connectivity index (χ3n) is 4.10. The number of hydrogen-bond acceptors (Lipinski definition) is 3. The summed E-state index contributed by atoms with van der Waals surface area (Å²) in [5.41, 5.74) is 2.60. The van der Waals surface area contributed by atoms with Crippen LogP contribution in [0.15, 0.2) is 59.4 Å². The van der Waals surface area contributed by atoms with E-state index in [0.717, 1.165) is 15.8 Å². The van der Waals surface area contributed by atoms with Crippen molar-refractivity contribution in [3.05, 3.63) is 80.6 Å². The molecule has 27 heavy (non-hydrogen) atoms. The molecular weight excluding hydrogens is 385 g/mol. The first-order valence-corrected chi connectivity index (χ1v) is 9.03. The zero-order chi connectivity index (χ0) is 19.6. The second-order valence-corrected chi connectivity index (χ2v) is 7.00. The summed E-state index contributed by atoms with van der Waals surface area (Å²) in [6.07, 6.45) is 0. The third kappa shape index (κ3) is 4.38. The van der Waals surface area contributed by atoms with Gasteiger partial charge in [-0.05, 0) is 38.1 Å². The number of amides is 1. The number of carbonyl (C=O) groups is 1. The van der Waals surface area contributed by atoms with Gasteiger partial charge in [-0.1, -0.05) is 53.0 Å². The van der Waals surface area contributed by atoms with Gasteiger partial charge in [0.1, 0.15) is 6.04 Å². The van der Waals surface area contributed by atoms with Gasteiger partial charge in [0, 0.05) is 16.7 Å². The van der Waals surface area contributed by atoms with Crippen molar-refractivity contribution in [2.45, 2.75) is 19.9 Å². The van der Waals surface area contributed by atoms with Crippen LogP contribution in [0.1, 0.15) is 18.5 Å². The Morgan fingerprint density at radius 1 is 1.07 bits per heavy atom. The average molecular weight is 402 g/mol. The van der Waals surface area contributed by atoms with Crippen LogP contribution < -0.4 is 10.9 Å². The number of hydrogen-bond donors (Lipinski definition) is 1. The van der Waals surface area contributed by atoms with Gasteiger partial charge < -0.3 is 5.32 Å². The predicted molar refractivity (Wildman–Crippen MR) is 108 cm³/mol. The van der Waals surface area contributed by atoms with E-state index in [9.17, 15) is 9.59 Å². The molecule has 0 saturated carbocycles. The summed E-state index contributed by atoms with van der Waals surface area (Å²) in [6, 6.07) is 14.7. The van der Waals surface area contributed by atoms with Crippen molar-refractivity contribution in [3.63, 3.8) is 0 Å². The molecule has 0 radical (unpaired) electrons. The smallest absolute Gasteiger partial charge is 0.267 e. The molecule has 7 heteroatoms. The number of benzene rings is 2. The van der Waals surface area contributed by atoms with E-state index in [1.54, 1.807) is 31.2 Å². The number of aromatic nitrogens is 2. The highest BCUT2D eigenvalue weighted by molar-refractivity contribution is 6.35. The maximum atomic E-state index is 12.6. The van der Waals surface area contributed by atoms with Crippen LogP contribution in [0.3, 0.4) is 0 Å². The van der Waals surface area contributed by atoms with Crippen molar-refractivity contribution in [1.82, 2.24) is 9.78 Å². The molecule has 0 fully saturated rings. The minimum Gasteiger partial charge on any atom is -0.323 e. The van der Waals surface area contributed by atoms with E-state index in [4.69, 9.17) is 23.2 Å². The lowest BCUT2D eigenvalue weighted by molar-refractivity contribution is -0.119. The Balaban J connectivity index is 1.89. The Labute approximate surface area is 166 Å². The highest BCUT2D eigenvalue weighted by Gasteiger charge is 2.19. The molecule has 0 aliphatic heterocycles. The first kappa shape index (κ1) is 19.1. The summed E-state index contributed by atoms with van der Waals surface area (Å²) in [4.78, 5) is 24.9. The number of anilines is 1. The van der Waals surface area contributed by atoms with Gasteiger partial charge in [0.25, 0.3) is 5.56 Å². The number of nitrogens with one attached hydrogen (secondary N) is 1. The summed E-state index contributed by atoms with van der Waals surface area (Å²) >= 11 is 12.0. The summed E-state index contributed by atoms with van der Waals surface area (Å²) in [5, 5.41) is 7.85. The van der Waals surface area contributed by atoms with Gasteiger partial charge in [-0.2, -0.15) is 5.10 Å². The maximum absolute atomic E-state index is 12.6. The van der Waals surface area contributed by atoms with Crippen LogP contribution in [0, 0.1) is 6.92 Å². The molecule has 0 bridgehead atoms. The maximum Gasteiger partial charge on any atom is 0.267 e. The van der Waals surface area contributed by atoms with E-state index < -0.39 is 11.9 Å². The van der Waals surface area contributed by atoms with Gasteiger partial charge in [-0.15, -0.1) is 0 Å². The number of rotatable bonds is 4. The number of halogens is 2. The fourth-order valence-corrected chi connectivity index (χ4v) is 2.86. The lowest BCUT2D eigenvalue weighted by Crippen LogP contribution is -2.33. The fourth-order valence-electron chi connectivity index (χ4n) is 2.52. The Morgan fingerprint density at radius 2 is 1.78 bits per heavy atom. The molecule has 1 unspecified atom stereocenters. The van der Waals surface area contributed by atoms with Crippen molar-refractivity contribution in [3.8, 4) is 11.3 Å². The monoisotopic (exact) mass is 401 g/mol. The third-order valence-corrected chi connectivity index (χ3v) is 4.67. The average Bonchev–Trinajstić information content (AvgIpc) is 2.65. The van der Waals surface area contributed by atoms with Crippen LogP contribution in [0.2, 0.25) is 10.0 Å². The van der Waals surface area contributed by atoms with Crippen molar-refractivity contribution >= 4 is 34.8 Å². The lowest BCUT2D eigenvalue weighted by atomic mass is 10.1. The van der Waals surface area contributed by atoms with Gasteiger partial charge in [-0.25, -0.2) is 4.68 Å². The second-order valence-electron chi connectivity index (χ2n) is 6.16. The van der Waals surface area contributed by atoms with Crippen molar-refractivity contribution in [2.24, 2.45) is 0 Å². The lowest BCUT2D eigenvalue weighted by Gasteiger charge is -2.16. The van der Waals surface area contributed by atoms with Crippen LogP contribution in [0.4, 0.5) is 5.69 Å². The van der Waals surface area contributed by atoms with Crippen molar-refractivity contribution < 1.29 is 4.79 Å². The van der Waals surface area contributed by atoms with E-state index in [1.165, 1.54) is 6.07 Å². The Kier molecular flexibility index (Phi) is 5.63. The molecule has 0 saturated heterocycles. The van der Waals surface area contributed by atoms with E-state index in [0.29, 0.717) is 21.4 Å². The van der Waals surface area contributed by atoms with Crippen LogP contribution in [0.5, 0.6) is 0 Å². The van der Waals surface area contributed by atoms with Gasteiger partial charge >= 0.3 is 0 Å². The standard InChI is InChI=1S/C20H17Cl2N3O2/c1-12-3-5-14(6-4-12)17-9-10-19(26)25(24-17)13(2)20(27)23-18-11-15(21)7-8-16(18)22/h3-11,13H,1-2H3,(H,23,27). The highest BCUT2D eigenvalue weighted by Crippen LogP contribution is 2.26. The van der Waals surface area contributed by atoms with Crippen LogP contribution >= 0.6 is 23.2 Å². The summed E-state index contributed by atoms with van der Waals surface area (Å²) in [5.74, 6) is -0.421. The zero-order valence-corrected chi connectivity index (χ0v) is 16.3. The normalized spacial score (nSPS) is 11.9. The Morgan fingerprint density at radius 3 is 2.48 bits per heavy atom. The van der Waals surface area contributed by atoms with Crippen LogP contribution in [-0.4, -0.2) is 15.7 Å². The van der Waals surface area contributed by atoms with Gasteiger partial charge in [0.2, 0.25) is 5.91 Å². The molecule has 3 rings (SSSR count). The molecule has 0 spiro atoms. The minimum absolute atomic E-state index is 0.355. The molecule has 1 atom stereocenters. The van der Waals surface area contributed by atoms with E-state index in [2.05, 4.69) is 10.4 Å². The van der Waals surface area contributed by atoms with Crippen LogP contribution in [-0.2, 0) is 4.79 Å². The largest absolute Gasteiger partial charge is 0.323 e. The molecule has 1 heterocycles. The Hall–Kier alpha value is -2.63. The number of aryl methyl sites for hydroxylation is 1. The summed E-state index contributed by atoms with van der Waals surface area (Å²) in [6.45, 7) is 3.59. The highest BCUT2D eigenvalue weighted by atomic mass is 35.5. The molecule has 138 valence electrons. The molecule has 0 aliphatic rings. The first-order valence-electron chi connectivity index (χ1n) is 8.28. The molecule has 2 aromatic carbocycles. The van der Waals surface area contributed by atoms with Crippen molar-refractivity contribution in [2.75, 3.05) is 5.32 Å². The first-order chi connectivity index (χ1) is 12.8. The molecular formula is C20H17Cl2N3O2. The zero-order valence-electron chi connectivity index (χ0n) is 14.7. The minimum atomic E-state index is -0.835. The molecule has 1 aromatic heterocycles. The second kappa shape index (κ2) is 7.94. The predicted octanol–water partition coefficient (Wildman–Crippen LogP) is 4.73. The van der Waals surface area contributed by atoms with Crippen LogP contribution in [0.25, 0.3) is 11.3 Å². The van der Waals surface area contributed by atoms with E-state index >= 15 is 0 Å². The number of nitrogens with zero attached hydrogens (tertiary/aromatic N) is 2. The fraction of sp³-hybridized carbons (Fsp3) is 0.150. The molecule has 1 N–H and O–H groups in total. The van der Waals surface area contributed by atoms with Gasteiger partial charge in [0.15, 0.2) is 0 Å². The molecule has 0 aliphatic carbocycles. The van der Waals surface area contributed by atoms with E-state index in [1.807, 2.05) is 31.2 Å². The summed E-state index contributed by atoms with van der Waals surface area (Å²) < 4.78 is 1.16. The molecule has 1 amide bonds. The quantitative estimate of drug-likeness (QED) is 0.687. The van der Waals surface area contributed by atoms with E-state index in [-0.39, 0.29) is 5.56 Å². The SMILES string of the molecule is Cc1ccc(-c2ccc(=O)n(C(C)C(=O)Nc3cc(Cl)ccc3Cl)n2)cc1. The van der Waals surface area contributed by atoms with Gasteiger partial charge in [0.05, 0.1) is 16.4 Å². The molecule has 3 aromatic rings. The molecule has 5 nitrogen and oxygen atoms in total. The van der Waals surface area contributed by atoms with Gasteiger partial charge in [-0.3, -0.25) is 9.59 Å².